The van der Waals surface area contributed by atoms with E-state index in [-0.39, 0.29) is 0 Å². The Labute approximate surface area is 124 Å². The highest BCUT2D eigenvalue weighted by molar-refractivity contribution is 5.13. The summed E-state index contributed by atoms with van der Waals surface area (Å²) in [4.78, 5) is 0. The third kappa shape index (κ3) is 8.34. The summed E-state index contributed by atoms with van der Waals surface area (Å²) in [5.41, 5.74) is 1.24. The topological polar surface area (TPSA) is 18.5 Å². The lowest BCUT2D eigenvalue weighted by atomic mass is 10.1. The number of methoxy groups -OCH3 is 1. The van der Waals surface area contributed by atoms with Crippen molar-refractivity contribution < 1.29 is 9.47 Å². The first kappa shape index (κ1) is 17.2. The minimum atomic E-state index is 0.354. The lowest BCUT2D eigenvalue weighted by Gasteiger charge is -2.15. The first-order chi connectivity index (χ1) is 9.86. The van der Waals surface area contributed by atoms with Gasteiger partial charge in [0.1, 0.15) is 0 Å². The van der Waals surface area contributed by atoms with Crippen molar-refractivity contribution in [2.45, 2.75) is 64.6 Å². The Morgan fingerprint density at radius 3 is 2.40 bits per heavy atom. The molecule has 114 valence electrons. The fourth-order valence-corrected chi connectivity index (χ4v) is 2.33. The van der Waals surface area contributed by atoms with Crippen molar-refractivity contribution >= 4 is 0 Å². The fraction of sp³-hybridized carbons (Fsp3) is 0.667. The molecular weight excluding hydrogens is 248 g/mol. The Morgan fingerprint density at radius 2 is 1.70 bits per heavy atom. The van der Waals surface area contributed by atoms with E-state index in [2.05, 4.69) is 19.1 Å². The second-order valence-corrected chi connectivity index (χ2v) is 5.39. The molecular formula is C18H30O2. The molecule has 0 fully saturated rings. The maximum atomic E-state index is 5.72. The van der Waals surface area contributed by atoms with Gasteiger partial charge in [0, 0.05) is 13.7 Å². The molecule has 0 amide bonds. The van der Waals surface area contributed by atoms with Gasteiger partial charge in [-0.2, -0.15) is 0 Å². The van der Waals surface area contributed by atoms with E-state index in [4.69, 9.17) is 9.47 Å². The molecule has 20 heavy (non-hydrogen) atoms. The van der Waals surface area contributed by atoms with Crippen LogP contribution in [0.15, 0.2) is 30.3 Å². The van der Waals surface area contributed by atoms with Crippen molar-refractivity contribution in [3.05, 3.63) is 35.9 Å². The van der Waals surface area contributed by atoms with Crippen molar-refractivity contribution in [1.82, 2.24) is 0 Å². The normalized spacial score (nSPS) is 12.5. The smallest absolute Gasteiger partial charge is 0.0716 e. The standard InChI is InChI=1S/C18H30O2/c1-3-4-5-6-10-13-18(19-2)14-15-20-16-17-11-8-7-9-12-17/h7-9,11-12,18H,3-6,10,13-16H2,1-2H3/t18-/m1/s1. The highest BCUT2D eigenvalue weighted by Gasteiger charge is 2.06. The van der Waals surface area contributed by atoms with Crippen LogP contribution in [0.1, 0.15) is 57.4 Å². The van der Waals surface area contributed by atoms with Crippen molar-refractivity contribution in [3.8, 4) is 0 Å². The van der Waals surface area contributed by atoms with Gasteiger partial charge in [-0.05, 0) is 18.4 Å². The summed E-state index contributed by atoms with van der Waals surface area (Å²) in [5, 5.41) is 0. The average molecular weight is 278 g/mol. The van der Waals surface area contributed by atoms with Crippen molar-refractivity contribution in [1.29, 1.82) is 0 Å². The van der Waals surface area contributed by atoms with Crippen molar-refractivity contribution in [2.75, 3.05) is 13.7 Å². The van der Waals surface area contributed by atoms with Gasteiger partial charge >= 0.3 is 0 Å². The van der Waals surface area contributed by atoms with Gasteiger partial charge in [-0.3, -0.25) is 0 Å². The molecule has 0 radical (unpaired) electrons. The molecule has 0 saturated heterocycles. The molecule has 0 spiro atoms. The van der Waals surface area contributed by atoms with E-state index in [0.29, 0.717) is 12.7 Å². The maximum absolute atomic E-state index is 5.72. The summed E-state index contributed by atoms with van der Waals surface area (Å²) in [5.74, 6) is 0. The first-order valence-electron chi connectivity index (χ1n) is 8.01. The van der Waals surface area contributed by atoms with Gasteiger partial charge in [-0.25, -0.2) is 0 Å². The highest BCUT2D eigenvalue weighted by Crippen LogP contribution is 2.12. The third-order valence-electron chi connectivity index (χ3n) is 3.66. The van der Waals surface area contributed by atoms with Crippen LogP contribution in [0.5, 0.6) is 0 Å². The average Bonchev–Trinajstić information content (AvgIpc) is 2.50. The molecule has 0 bridgehead atoms. The second kappa shape index (κ2) is 11.9. The molecule has 0 unspecified atom stereocenters. The molecule has 2 nitrogen and oxygen atoms in total. The van der Waals surface area contributed by atoms with Gasteiger partial charge in [0.25, 0.3) is 0 Å². The molecule has 2 heteroatoms. The van der Waals surface area contributed by atoms with Crippen LogP contribution in [0.4, 0.5) is 0 Å². The minimum absolute atomic E-state index is 0.354. The summed E-state index contributed by atoms with van der Waals surface area (Å²) >= 11 is 0. The van der Waals surface area contributed by atoms with E-state index in [0.717, 1.165) is 19.4 Å². The van der Waals surface area contributed by atoms with Crippen LogP contribution in [0, 0.1) is 0 Å². The predicted octanol–water partition coefficient (Wildman–Crippen LogP) is 4.97. The quantitative estimate of drug-likeness (QED) is 0.503. The van der Waals surface area contributed by atoms with Crippen LogP contribution in [-0.2, 0) is 16.1 Å². The van der Waals surface area contributed by atoms with Crippen LogP contribution in [-0.4, -0.2) is 19.8 Å². The van der Waals surface area contributed by atoms with Gasteiger partial charge < -0.3 is 9.47 Å². The molecule has 0 saturated carbocycles. The largest absolute Gasteiger partial charge is 0.381 e. The Balaban J connectivity index is 2.03. The van der Waals surface area contributed by atoms with Crippen LogP contribution in [0.2, 0.25) is 0 Å². The van der Waals surface area contributed by atoms with Crippen LogP contribution >= 0.6 is 0 Å². The van der Waals surface area contributed by atoms with Crippen molar-refractivity contribution in [3.63, 3.8) is 0 Å². The van der Waals surface area contributed by atoms with Crippen LogP contribution in [0.25, 0.3) is 0 Å². The number of hydrogen-bond acceptors (Lipinski definition) is 2. The summed E-state index contributed by atoms with van der Waals surface area (Å²) in [6.45, 7) is 3.73. The maximum Gasteiger partial charge on any atom is 0.0716 e. The number of hydrogen-bond donors (Lipinski definition) is 0. The number of rotatable bonds is 12. The minimum Gasteiger partial charge on any atom is -0.381 e. The molecule has 1 aromatic carbocycles. The molecule has 0 aliphatic carbocycles. The van der Waals surface area contributed by atoms with Gasteiger partial charge in [0.15, 0.2) is 0 Å². The Hall–Kier alpha value is -0.860. The predicted molar refractivity (Wildman–Crippen MR) is 84.9 cm³/mol. The molecule has 1 rings (SSSR count). The Morgan fingerprint density at radius 1 is 0.950 bits per heavy atom. The van der Waals surface area contributed by atoms with E-state index in [1.54, 1.807) is 0 Å². The van der Waals surface area contributed by atoms with Crippen molar-refractivity contribution in [2.24, 2.45) is 0 Å². The SMILES string of the molecule is CCCCCCC[C@H](CCOCc1ccccc1)OC. The van der Waals surface area contributed by atoms with E-state index in [1.165, 1.54) is 37.7 Å². The zero-order chi connectivity index (χ0) is 14.5. The molecule has 1 atom stereocenters. The summed E-state index contributed by atoms with van der Waals surface area (Å²) in [7, 11) is 1.81. The lowest BCUT2D eigenvalue weighted by Crippen LogP contribution is -2.13. The molecule has 0 N–H and O–H groups in total. The van der Waals surface area contributed by atoms with Crippen LogP contribution < -0.4 is 0 Å². The first-order valence-corrected chi connectivity index (χ1v) is 8.01. The molecule has 0 aromatic heterocycles. The Kier molecular flexibility index (Phi) is 10.3. The summed E-state index contributed by atoms with van der Waals surface area (Å²) < 4.78 is 11.2. The number of ether oxygens (including phenoxy) is 2. The summed E-state index contributed by atoms with van der Waals surface area (Å²) in [6, 6.07) is 10.3. The fourth-order valence-electron chi connectivity index (χ4n) is 2.33. The number of benzene rings is 1. The molecule has 1 aromatic rings. The van der Waals surface area contributed by atoms with Gasteiger partial charge in [0.05, 0.1) is 12.7 Å². The van der Waals surface area contributed by atoms with Gasteiger partial charge in [-0.1, -0.05) is 69.4 Å². The van der Waals surface area contributed by atoms with E-state index < -0.39 is 0 Å². The van der Waals surface area contributed by atoms with E-state index >= 15 is 0 Å². The number of unbranched alkanes of at least 4 members (excludes halogenated alkanes) is 4. The Bertz CT molecular complexity index is 310. The van der Waals surface area contributed by atoms with Gasteiger partial charge in [0.2, 0.25) is 0 Å². The highest BCUT2D eigenvalue weighted by atomic mass is 16.5. The lowest BCUT2D eigenvalue weighted by molar-refractivity contribution is 0.0410. The third-order valence-corrected chi connectivity index (χ3v) is 3.66. The second-order valence-electron chi connectivity index (χ2n) is 5.39. The van der Waals surface area contributed by atoms with E-state index in [1.807, 2.05) is 25.3 Å². The zero-order valence-electron chi connectivity index (χ0n) is 13.1. The summed E-state index contributed by atoms with van der Waals surface area (Å²) in [6.07, 6.45) is 9.14. The van der Waals surface area contributed by atoms with E-state index in [9.17, 15) is 0 Å². The van der Waals surface area contributed by atoms with Crippen LogP contribution in [0.3, 0.4) is 0 Å². The molecule has 0 heterocycles. The van der Waals surface area contributed by atoms with Gasteiger partial charge in [-0.15, -0.1) is 0 Å². The zero-order valence-corrected chi connectivity index (χ0v) is 13.1. The monoisotopic (exact) mass is 278 g/mol. The molecule has 0 aliphatic heterocycles. The molecule has 0 aliphatic rings.